The fraction of sp³-hybridized carbons (Fsp3) is 0.120. The number of methoxy groups -OCH3 is 1. The van der Waals surface area contributed by atoms with Crippen LogP contribution in [-0.2, 0) is 4.79 Å². The highest BCUT2D eigenvalue weighted by Gasteiger charge is 2.23. The minimum atomic E-state index is -0.486. The molecule has 0 aliphatic carbocycles. The average molecular weight is 476 g/mol. The van der Waals surface area contributed by atoms with E-state index in [-0.39, 0.29) is 12.4 Å². The van der Waals surface area contributed by atoms with E-state index in [1.165, 1.54) is 19.1 Å². The first kappa shape index (κ1) is 23.0. The highest BCUT2D eigenvalue weighted by Crippen LogP contribution is 2.27. The molecule has 0 aliphatic heterocycles. The zero-order valence-electron chi connectivity index (χ0n) is 18.6. The molecule has 0 saturated carbocycles. The molecule has 3 aromatic carbocycles. The molecule has 0 unspecified atom stereocenters. The molecule has 0 spiro atoms. The van der Waals surface area contributed by atoms with Crippen LogP contribution in [0.5, 0.6) is 5.75 Å². The van der Waals surface area contributed by atoms with Gasteiger partial charge in [0, 0.05) is 17.6 Å². The molecule has 8 nitrogen and oxygen atoms in total. The van der Waals surface area contributed by atoms with Gasteiger partial charge in [-0.3, -0.25) is 9.59 Å². The summed E-state index contributed by atoms with van der Waals surface area (Å²) in [5, 5.41) is 7.62. The van der Waals surface area contributed by atoms with Crippen LogP contribution in [-0.4, -0.2) is 52.2 Å². The maximum atomic E-state index is 13.1. The molecule has 0 saturated heterocycles. The molecule has 4 rings (SSSR count). The van der Waals surface area contributed by atoms with E-state index < -0.39 is 11.8 Å². The predicted molar refractivity (Wildman–Crippen MR) is 130 cm³/mol. The second-order valence-electron chi connectivity index (χ2n) is 7.43. The van der Waals surface area contributed by atoms with Gasteiger partial charge in [0.15, 0.2) is 5.82 Å². The summed E-state index contributed by atoms with van der Waals surface area (Å²) < 4.78 is 6.86. The Morgan fingerprint density at radius 2 is 1.71 bits per heavy atom. The molecule has 0 bridgehead atoms. The van der Waals surface area contributed by atoms with Crippen LogP contribution in [0, 0.1) is 0 Å². The number of amides is 2. The third-order valence-electron chi connectivity index (χ3n) is 4.99. The number of benzene rings is 3. The quantitative estimate of drug-likeness (QED) is 0.430. The van der Waals surface area contributed by atoms with Crippen LogP contribution in [0.4, 0.5) is 5.69 Å². The lowest BCUT2D eigenvalue weighted by Crippen LogP contribution is -2.35. The zero-order chi connectivity index (χ0) is 24.1. The SMILES string of the molecule is COc1ccc(Cl)cc1NC(=O)CN(C)C(=O)c1nc(-c2ccccc2)n(-c2ccccc2)n1. The van der Waals surface area contributed by atoms with Gasteiger partial charge in [0.2, 0.25) is 11.7 Å². The molecule has 1 N–H and O–H groups in total. The van der Waals surface area contributed by atoms with Crippen molar-refractivity contribution in [2.75, 3.05) is 26.0 Å². The van der Waals surface area contributed by atoms with Gasteiger partial charge in [-0.15, -0.1) is 5.10 Å². The van der Waals surface area contributed by atoms with Crippen molar-refractivity contribution in [3.05, 3.63) is 89.7 Å². The van der Waals surface area contributed by atoms with Crippen LogP contribution in [0.3, 0.4) is 0 Å². The standard InChI is InChI=1S/C25H22ClN5O3/c1-30(16-22(32)27-20-15-18(26)13-14-21(20)34-2)25(33)23-28-24(17-9-5-3-6-10-17)31(29-23)19-11-7-4-8-12-19/h3-15H,16H2,1-2H3,(H,27,32). The number of hydrogen-bond acceptors (Lipinski definition) is 5. The molecule has 9 heteroatoms. The lowest BCUT2D eigenvalue weighted by molar-refractivity contribution is -0.116. The van der Waals surface area contributed by atoms with Crippen LogP contribution in [0.25, 0.3) is 17.1 Å². The molecular formula is C25H22ClN5O3. The molecule has 0 fully saturated rings. The van der Waals surface area contributed by atoms with E-state index in [4.69, 9.17) is 16.3 Å². The van der Waals surface area contributed by atoms with Gasteiger partial charge in [-0.1, -0.05) is 60.1 Å². The van der Waals surface area contributed by atoms with Crippen LogP contribution in [0.1, 0.15) is 10.6 Å². The van der Waals surface area contributed by atoms with Crippen molar-refractivity contribution in [2.45, 2.75) is 0 Å². The van der Waals surface area contributed by atoms with E-state index in [0.29, 0.717) is 22.3 Å². The number of aromatic nitrogens is 3. The fourth-order valence-electron chi connectivity index (χ4n) is 3.35. The van der Waals surface area contributed by atoms with Crippen molar-refractivity contribution in [2.24, 2.45) is 0 Å². The molecule has 4 aromatic rings. The van der Waals surface area contributed by atoms with Gasteiger partial charge in [0.25, 0.3) is 5.91 Å². The summed E-state index contributed by atoms with van der Waals surface area (Å²) >= 11 is 6.02. The Bertz CT molecular complexity index is 1250. The normalized spacial score (nSPS) is 10.6. The maximum absolute atomic E-state index is 13.1. The second-order valence-corrected chi connectivity index (χ2v) is 7.86. The Kier molecular flexibility index (Phi) is 6.89. The van der Waals surface area contributed by atoms with Crippen LogP contribution in [0.2, 0.25) is 5.02 Å². The topological polar surface area (TPSA) is 89.4 Å². The first-order chi connectivity index (χ1) is 16.5. The number of likely N-dealkylation sites (N-methyl/N-ethyl adjacent to an activating group) is 1. The van der Waals surface area contributed by atoms with Gasteiger partial charge >= 0.3 is 0 Å². The van der Waals surface area contributed by atoms with Crippen LogP contribution < -0.4 is 10.1 Å². The molecular weight excluding hydrogens is 454 g/mol. The number of carbonyl (C=O) groups excluding carboxylic acids is 2. The van der Waals surface area contributed by atoms with E-state index in [2.05, 4.69) is 15.4 Å². The molecule has 1 aromatic heterocycles. The second kappa shape index (κ2) is 10.2. The number of anilines is 1. The Morgan fingerprint density at radius 1 is 1.03 bits per heavy atom. The molecule has 0 radical (unpaired) electrons. The number of para-hydroxylation sites is 1. The Balaban J connectivity index is 1.56. The lowest BCUT2D eigenvalue weighted by Gasteiger charge is -2.16. The maximum Gasteiger partial charge on any atom is 0.293 e. The number of rotatable bonds is 7. The van der Waals surface area contributed by atoms with E-state index in [1.54, 1.807) is 22.9 Å². The van der Waals surface area contributed by atoms with Gasteiger partial charge in [-0.05, 0) is 30.3 Å². The zero-order valence-corrected chi connectivity index (χ0v) is 19.4. The molecule has 172 valence electrons. The van der Waals surface area contributed by atoms with Gasteiger partial charge in [-0.2, -0.15) is 0 Å². The van der Waals surface area contributed by atoms with E-state index in [9.17, 15) is 9.59 Å². The summed E-state index contributed by atoms with van der Waals surface area (Å²) in [5.74, 6) is 0.0692. The number of hydrogen-bond donors (Lipinski definition) is 1. The summed E-state index contributed by atoms with van der Waals surface area (Å²) in [7, 11) is 3.01. The Labute approximate surface area is 201 Å². The van der Waals surface area contributed by atoms with Gasteiger partial charge < -0.3 is 15.0 Å². The molecule has 0 aliphatic rings. The minimum absolute atomic E-state index is 0.0154. The number of ether oxygens (including phenoxy) is 1. The molecule has 2 amide bonds. The first-order valence-electron chi connectivity index (χ1n) is 10.4. The van der Waals surface area contributed by atoms with Crippen molar-refractivity contribution in [1.82, 2.24) is 19.7 Å². The third-order valence-corrected chi connectivity index (χ3v) is 5.23. The lowest BCUT2D eigenvalue weighted by atomic mass is 10.2. The predicted octanol–water partition coefficient (Wildman–Crippen LogP) is 4.31. The number of carbonyl (C=O) groups is 2. The Morgan fingerprint density at radius 3 is 2.38 bits per heavy atom. The monoisotopic (exact) mass is 475 g/mol. The van der Waals surface area contributed by atoms with Crippen molar-refractivity contribution < 1.29 is 14.3 Å². The summed E-state index contributed by atoms with van der Waals surface area (Å²) in [6, 6.07) is 23.8. The molecule has 1 heterocycles. The van der Waals surface area contributed by atoms with Gasteiger partial charge in [0.05, 0.1) is 25.0 Å². The first-order valence-corrected chi connectivity index (χ1v) is 10.8. The van der Waals surface area contributed by atoms with Crippen molar-refractivity contribution in [3.8, 4) is 22.8 Å². The van der Waals surface area contributed by atoms with E-state index in [1.807, 2.05) is 60.7 Å². The smallest absolute Gasteiger partial charge is 0.293 e. The van der Waals surface area contributed by atoms with Crippen molar-refractivity contribution in [3.63, 3.8) is 0 Å². The van der Waals surface area contributed by atoms with E-state index >= 15 is 0 Å². The van der Waals surface area contributed by atoms with E-state index in [0.717, 1.165) is 11.3 Å². The van der Waals surface area contributed by atoms with Gasteiger partial charge in [0.1, 0.15) is 5.75 Å². The Hall–Kier alpha value is -4.17. The van der Waals surface area contributed by atoms with Crippen LogP contribution >= 0.6 is 11.6 Å². The molecule has 34 heavy (non-hydrogen) atoms. The highest BCUT2D eigenvalue weighted by atomic mass is 35.5. The summed E-state index contributed by atoms with van der Waals surface area (Å²) in [6.07, 6.45) is 0. The summed E-state index contributed by atoms with van der Waals surface area (Å²) in [4.78, 5) is 31.5. The minimum Gasteiger partial charge on any atom is -0.495 e. The van der Waals surface area contributed by atoms with Crippen molar-refractivity contribution >= 4 is 29.1 Å². The number of halogens is 1. The van der Waals surface area contributed by atoms with Crippen LogP contribution in [0.15, 0.2) is 78.9 Å². The summed E-state index contributed by atoms with van der Waals surface area (Å²) in [5.41, 5.74) is 1.99. The summed E-state index contributed by atoms with van der Waals surface area (Å²) in [6.45, 7) is -0.213. The molecule has 0 atom stereocenters. The van der Waals surface area contributed by atoms with Gasteiger partial charge in [-0.25, -0.2) is 9.67 Å². The fourth-order valence-corrected chi connectivity index (χ4v) is 3.52. The third kappa shape index (κ3) is 5.07. The van der Waals surface area contributed by atoms with Crippen molar-refractivity contribution in [1.29, 1.82) is 0 Å². The highest BCUT2D eigenvalue weighted by molar-refractivity contribution is 6.31. The number of nitrogens with one attached hydrogen (secondary N) is 1. The number of nitrogens with zero attached hydrogens (tertiary/aromatic N) is 4. The average Bonchev–Trinajstić information content (AvgIpc) is 3.30. The largest absolute Gasteiger partial charge is 0.495 e.